The maximum Gasteiger partial charge on any atom is 0.0412 e. The molecular weight excluding hydrogens is 343 g/mol. The molecule has 0 aromatic heterocycles. The molecule has 3 aromatic carbocycles. The molecule has 0 saturated heterocycles. The Kier molecular flexibility index (Phi) is 3.53. The number of hydrogen-bond acceptors (Lipinski definition) is 0. The Morgan fingerprint density at radius 3 is 2.11 bits per heavy atom. The van der Waals surface area contributed by atoms with Crippen molar-refractivity contribution < 1.29 is 0 Å². The van der Waals surface area contributed by atoms with Gasteiger partial charge in [-0.1, -0.05) is 57.3 Å². The largest absolute Gasteiger partial charge is 0.0843 e. The number of hydrogen-bond donors (Lipinski definition) is 0. The third kappa shape index (κ3) is 2.64. The van der Waals surface area contributed by atoms with Crippen molar-refractivity contribution in [2.75, 3.05) is 0 Å². The van der Waals surface area contributed by atoms with E-state index in [0.717, 1.165) is 36.4 Å². The van der Waals surface area contributed by atoms with Gasteiger partial charge in [0.25, 0.3) is 0 Å². The predicted octanol–water partition coefficient (Wildman–Crippen LogP) is 6.58. The molecule has 3 rings (SSSR count). The van der Waals surface area contributed by atoms with Crippen molar-refractivity contribution >= 4 is 49.9 Å². The van der Waals surface area contributed by atoms with E-state index in [4.69, 9.17) is 23.2 Å². The molecule has 0 spiro atoms. The number of rotatable bonds is 1. The zero-order valence-electron chi connectivity index (χ0n) is 9.83. The van der Waals surface area contributed by atoms with Crippen molar-refractivity contribution in [1.29, 1.82) is 0 Å². The van der Waals surface area contributed by atoms with Crippen LogP contribution in [-0.4, -0.2) is 0 Å². The quantitative estimate of drug-likeness (QED) is 0.464. The lowest BCUT2D eigenvalue weighted by Crippen LogP contribution is -1.82. The van der Waals surface area contributed by atoms with E-state index in [-0.39, 0.29) is 0 Å². The summed E-state index contributed by atoms with van der Waals surface area (Å²) in [7, 11) is 0. The second-order valence-corrected chi connectivity index (χ2v) is 6.06. The molecule has 0 aliphatic carbocycles. The second-order valence-electron chi connectivity index (χ2n) is 4.33. The lowest BCUT2D eigenvalue weighted by Gasteiger charge is -2.08. The minimum atomic E-state index is 0.743. The number of halogens is 3. The Bertz CT molecular complexity index is 749. The van der Waals surface area contributed by atoms with Gasteiger partial charge in [0.2, 0.25) is 0 Å². The first-order chi connectivity index (χ1) is 9.13. The molecule has 94 valence electrons. The van der Waals surface area contributed by atoms with Crippen LogP contribution in [0.1, 0.15) is 0 Å². The van der Waals surface area contributed by atoms with Crippen LogP contribution in [-0.2, 0) is 0 Å². The van der Waals surface area contributed by atoms with Gasteiger partial charge in [-0.15, -0.1) is 0 Å². The highest BCUT2D eigenvalue weighted by Crippen LogP contribution is 2.33. The molecule has 0 unspecified atom stereocenters. The summed E-state index contributed by atoms with van der Waals surface area (Å²) in [5.74, 6) is 0. The molecule has 0 atom stereocenters. The average Bonchev–Trinajstić information content (AvgIpc) is 2.39. The van der Waals surface area contributed by atoms with E-state index in [1.54, 1.807) is 0 Å². The molecule has 3 heteroatoms. The van der Waals surface area contributed by atoms with Gasteiger partial charge in [0.15, 0.2) is 0 Å². The molecule has 0 fully saturated rings. The van der Waals surface area contributed by atoms with Crippen LogP contribution < -0.4 is 0 Å². The topological polar surface area (TPSA) is 0 Å². The van der Waals surface area contributed by atoms with Crippen LogP contribution in [0, 0.1) is 0 Å². The summed E-state index contributed by atoms with van der Waals surface area (Å²) < 4.78 is 1.05. The van der Waals surface area contributed by atoms with Crippen molar-refractivity contribution in [2.24, 2.45) is 0 Å². The third-order valence-corrected chi connectivity index (χ3v) is 4.19. The molecule has 0 bridgehead atoms. The molecule has 0 nitrogen and oxygen atoms in total. The van der Waals surface area contributed by atoms with Gasteiger partial charge in [0.05, 0.1) is 0 Å². The van der Waals surface area contributed by atoms with E-state index >= 15 is 0 Å². The average molecular weight is 352 g/mol. The standard InChI is InChI=1S/C16H9BrCl2/c17-16-9-12-7-14(19)6-3-11(12)8-15(16)10-1-4-13(18)5-2-10/h1-9H. The zero-order chi connectivity index (χ0) is 13.4. The van der Waals surface area contributed by atoms with Crippen molar-refractivity contribution in [3.8, 4) is 11.1 Å². The molecule has 0 saturated carbocycles. The summed E-state index contributed by atoms with van der Waals surface area (Å²) in [5, 5.41) is 3.78. The Morgan fingerprint density at radius 1 is 0.684 bits per heavy atom. The monoisotopic (exact) mass is 350 g/mol. The van der Waals surface area contributed by atoms with Crippen LogP contribution in [0.25, 0.3) is 21.9 Å². The molecule has 0 heterocycles. The van der Waals surface area contributed by atoms with E-state index in [9.17, 15) is 0 Å². The van der Waals surface area contributed by atoms with E-state index in [0.29, 0.717) is 0 Å². The fraction of sp³-hybridized carbons (Fsp3) is 0. The summed E-state index contributed by atoms with van der Waals surface area (Å²) in [5.41, 5.74) is 2.28. The highest BCUT2D eigenvalue weighted by atomic mass is 79.9. The first-order valence-corrected chi connectivity index (χ1v) is 7.33. The van der Waals surface area contributed by atoms with E-state index in [1.807, 2.05) is 42.5 Å². The summed E-state index contributed by atoms with van der Waals surface area (Å²) in [6.07, 6.45) is 0. The molecular formula is C16H9BrCl2. The van der Waals surface area contributed by atoms with Crippen LogP contribution in [0.4, 0.5) is 0 Å². The van der Waals surface area contributed by atoms with Gasteiger partial charge in [-0.3, -0.25) is 0 Å². The fourth-order valence-corrected chi connectivity index (χ4v) is 2.99. The Balaban J connectivity index is 2.21. The SMILES string of the molecule is Clc1ccc(-c2cc3ccc(Cl)cc3cc2Br)cc1. The summed E-state index contributed by atoms with van der Waals surface area (Å²) in [4.78, 5) is 0. The first-order valence-electron chi connectivity index (χ1n) is 5.78. The van der Waals surface area contributed by atoms with Gasteiger partial charge < -0.3 is 0 Å². The third-order valence-electron chi connectivity index (χ3n) is 3.04. The van der Waals surface area contributed by atoms with Crippen LogP contribution in [0.2, 0.25) is 10.0 Å². The van der Waals surface area contributed by atoms with Crippen LogP contribution in [0.5, 0.6) is 0 Å². The lowest BCUT2D eigenvalue weighted by molar-refractivity contribution is 1.61. The number of benzene rings is 3. The molecule has 0 radical (unpaired) electrons. The smallest absolute Gasteiger partial charge is 0.0412 e. The molecule has 0 aliphatic heterocycles. The van der Waals surface area contributed by atoms with Crippen LogP contribution in [0.3, 0.4) is 0 Å². The molecule has 0 N–H and O–H groups in total. The lowest BCUT2D eigenvalue weighted by atomic mass is 10.0. The van der Waals surface area contributed by atoms with Gasteiger partial charge in [-0.2, -0.15) is 0 Å². The van der Waals surface area contributed by atoms with Crippen molar-refractivity contribution in [1.82, 2.24) is 0 Å². The molecule has 0 aliphatic rings. The van der Waals surface area contributed by atoms with Gasteiger partial charge in [-0.05, 0) is 58.3 Å². The van der Waals surface area contributed by atoms with Gasteiger partial charge in [0.1, 0.15) is 0 Å². The summed E-state index contributed by atoms with van der Waals surface area (Å²) in [6.45, 7) is 0. The first kappa shape index (κ1) is 13.0. The molecule has 0 amide bonds. The Hall–Kier alpha value is -1.02. The number of fused-ring (bicyclic) bond motifs is 1. The second kappa shape index (κ2) is 5.16. The minimum Gasteiger partial charge on any atom is -0.0843 e. The van der Waals surface area contributed by atoms with Crippen molar-refractivity contribution in [2.45, 2.75) is 0 Å². The van der Waals surface area contributed by atoms with Gasteiger partial charge >= 0.3 is 0 Å². The highest BCUT2D eigenvalue weighted by Gasteiger charge is 2.06. The highest BCUT2D eigenvalue weighted by molar-refractivity contribution is 9.10. The van der Waals surface area contributed by atoms with E-state index in [1.165, 1.54) is 0 Å². The summed E-state index contributed by atoms with van der Waals surface area (Å²) >= 11 is 15.6. The molecule has 19 heavy (non-hydrogen) atoms. The zero-order valence-corrected chi connectivity index (χ0v) is 12.9. The van der Waals surface area contributed by atoms with Gasteiger partial charge in [-0.25, -0.2) is 0 Å². The van der Waals surface area contributed by atoms with E-state index < -0.39 is 0 Å². The van der Waals surface area contributed by atoms with Crippen LogP contribution >= 0.6 is 39.1 Å². The predicted molar refractivity (Wildman–Crippen MR) is 87.1 cm³/mol. The van der Waals surface area contributed by atoms with Crippen molar-refractivity contribution in [3.63, 3.8) is 0 Å². The van der Waals surface area contributed by atoms with Crippen LogP contribution in [0.15, 0.2) is 59.1 Å². The fourth-order valence-electron chi connectivity index (χ4n) is 2.09. The maximum absolute atomic E-state index is 6.02. The van der Waals surface area contributed by atoms with Gasteiger partial charge in [0, 0.05) is 14.5 Å². The minimum absolute atomic E-state index is 0.743. The Labute approximate surface area is 130 Å². The molecule has 3 aromatic rings. The van der Waals surface area contributed by atoms with E-state index in [2.05, 4.69) is 28.1 Å². The normalized spacial score (nSPS) is 10.9. The Morgan fingerprint density at radius 2 is 1.37 bits per heavy atom. The van der Waals surface area contributed by atoms with Crippen molar-refractivity contribution in [3.05, 3.63) is 69.1 Å². The maximum atomic E-state index is 6.02. The summed E-state index contributed by atoms with van der Waals surface area (Å²) in [6, 6.07) is 18.0.